The van der Waals surface area contributed by atoms with Crippen LogP contribution in [0, 0.1) is 17.8 Å². The van der Waals surface area contributed by atoms with Gasteiger partial charge in [-0.3, -0.25) is 0 Å². The second kappa shape index (κ2) is 10.8. The zero-order chi connectivity index (χ0) is 20.5. The van der Waals surface area contributed by atoms with Crippen molar-refractivity contribution in [2.75, 3.05) is 0 Å². The van der Waals surface area contributed by atoms with Gasteiger partial charge in [0.05, 0.1) is 0 Å². The highest BCUT2D eigenvalue weighted by atomic mass is 19.3. The first kappa shape index (κ1) is 21.1. The molecule has 1 aliphatic rings. The second-order valence-electron chi connectivity index (χ2n) is 7.63. The van der Waals surface area contributed by atoms with E-state index in [4.69, 9.17) is 0 Å². The predicted molar refractivity (Wildman–Crippen MR) is 114 cm³/mol. The molecule has 152 valence electrons. The molecular formula is C26H28F2O. The standard InChI is InChI=1S/C26H28F2O/c1-2-5-20-8-14-23(15-9-20)24-16-10-21(11-17-24)6-3-4-7-22-12-18-25(19-13-22)29-26(27)28/h3,6,8-9,12-15,18-19,21,24,26H,2,5,10-11,16-17H2,1H3/b6-3+. The zero-order valence-corrected chi connectivity index (χ0v) is 16.9. The minimum absolute atomic E-state index is 0.151. The molecule has 0 radical (unpaired) electrons. The first-order valence-corrected chi connectivity index (χ1v) is 10.5. The highest BCUT2D eigenvalue weighted by Gasteiger charge is 2.20. The lowest BCUT2D eigenvalue weighted by Crippen LogP contribution is -2.11. The van der Waals surface area contributed by atoms with Crippen LogP contribution in [0.1, 0.15) is 61.6 Å². The molecule has 2 aromatic carbocycles. The molecule has 0 aliphatic heterocycles. The molecule has 0 unspecified atom stereocenters. The Morgan fingerprint density at radius 3 is 2.31 bits per heavy atom. The number of rotatable bonds is 6. The molecule has 1 saturated carbocycles. The highest BCUT2D eigenvalue weighted by molar-refractivity contribution is 5.40. The summed E-state index contributed by atoms with van der Waals surface area (Å²) in [6.07, 6.45) is 11.3. The van der Waals surface area contributed by atoms with E-state index in [1.165, 1.54) is 55.4 Å². The van der Waals surface area contributed by atoms with Gasteiger partial charge >= 0.3 is 6.61 Å². The topological polar surface area (TPSA) is 9.23 Å². The maximum Gasteiger partial charge on any atom is 0.387 e. The van der Waals surface area contributed by atoms with Crippen LogP contribution in [0.15, 0.2) is 60.7 Å². The third-order valence-corrected chi connectivity index (χ3v) is 5.51. The van der Waals surface area contributed by atoms with Crippen molar-refractivity contribution in [3.05, 3.63) is 77.4 Å². The fraction of sp³-hybridized carbons (Fsp3) is 0.385. The summed E-state index contributed by atoms with van der Waals surface area (Å²) in [7, 11) is 0. The normalized spacial score (nSPS) is 19.2. The number of hydrogen-bond donors (Lipinski definition) is 0. The Bertz CT molecular complexity index is 833. The molecule has 0 spiro atoms. The van der Waals surface area contributed by atoms with E-state index in [9.17, 15) is 8.78 Å². The fourth-order valence-corrected chi connectivity index (χ4v) is 3.92. The van der Waals surface area contributed by atoms with Crippen LogP contribution in [-0.2, 0) is 6.42 Å². The number of aryl methyl sites for hydroxylation is 1. The van der Waals surface area contributed by atoms with Crippen LogP contribution in [0.2, 0.25) is 0 Å². The van der Waals surface area contributed by atoms with Crippen molar-refractivity contribution in [1.29, 1.82) is 0 Å². The number of ether oxygens (including phenoxy) is 1. The molecule has 1 aliphatic carbocycles. The van der Waals surface area contributed by atoms with Crippen LogP contribution in [0.25, 0.3) is 0 Å². The van der Waals surface area contributed by atoms with Crippen LogP contribution in [-0.4, -0.2) is 6.61 Å². The molecule has 0 bridgehead atoms. The third kappa shape index (κ3) is 6.75. The van der Waals surface area contributed by atoms with Crippen molar-refractivity contribution < 1.29 is 13.5 Å². The molecule has 0 atom stereocenters. The van der Waals surface area contributed by atoms with E-state index in [0.717, 1.165) is 12.0 Å². The van der Waals surface area contributed by atoms with E-state index in [0.29, 0.717) is 11.8 Å². The maximum atomic E-state index is 12.2. The van der Waals surface area contributed by atoms with Crippen molar-refractivity contribution in [3.63, 3.8) is 0 Å². The fourth-order valence-electron chi connectivity index (χ4n) is 3.92. The Balaban J connectivity index is 1.46. The van der Waals surface area contributed by atoms with Gasteiger partial charge in [-0.1, -0.05) is 55.5 Å². The van der Waals surface area contributed by atoms with Crippen LogP contribution in [0.4, 0.5) is 8.78 Å². The van der Waals surface area contributed by atoms with Crippen molar-refractivity contribution in [3.8, 4) is 17.6 Å². The maximum absolute atomic E-state index is 12.2. The first-order chi connectivity index (χ1) is 14.1. The summed E-state index contributed by atoms with van der Waals surface area (Å²) in [5.41, 5.74) is 3.69. The summed E-state index contributed by atoms with van der Waals surface area (Å²) < 4.78 is 28.6. The van der Waals surface area contributed by atoms with E-state index in [1.807, 2.05) is 6.08 Å². The summed E-state index contributed by atoms with van der Waals surface area (Å²) in [5, 5.41) is 0. The van der Waals surface area contributed by atoms with Gasteiger partial charge in [0.2, 0.25) is 0 Å². The molecule has 3 heteroatoms. The van der Waals surface area contributed by atoms with Crippen LogP contribution in [0.3, 0.4) is 0 Å². The van der Waals surface area contributed by atoms with Gasteiger partial charge in [0.25, 0.3) is 0 Å². The Hall–Kier alpha value is -2.60. The van der Waals surface area contributed by atoms with E-state index in [-0.39, 0.29) is 5.75 Å². The van der Waals surface area contributed by atoms with Crippen LogP contribution < -0.4 is 4.74 Å². The summed E-state index contributed by atoms with van der Waals surface area (Å²) in [6.45, 7) is -0.584. The average Bonchev–Trinajstić information content (AvgIpc) is 2.73. The summed E-state index contributed by atoms with van der Waals surface area (Å²) in [5.74, 6) is 7.50. The predicted octanol–water partition coefficient (Wildman–Crippen LogP) is 7.12. The third-order valence-electron chi connectivity index (χ3n) is 5.51. The number of allylic oxidation sites excluding steroid dienone is 2. The highest BCUT2D eigenvalue weighted by Crippen LogP contribution is 2.36. The van der Waals surface area contributed by atoms with Gasteiger partial charge in [-0.2, -0.15) is 8.78 Å². The van der Waals surface area contributed by atoms with Crippen molar-refractivity contribution in [1.82, 2.24) is 0 Å². The Labute approximate surface area is 172 Å². The molecule has 0 saturated heterocycles. The van der Waals surface area contributed by atoms with E-state index in [2.05, 4.69) is 53.8 Å². The second-order valence-corrected chi connectivity index (χ2v) is 7.63. The molecule has 0 N–H and O–H groups in total. The Kier molecular flexibility index (Phi) is 7.87. The lowest BCUT2D eigenvalue weighted by Gasteiger charge is -2.27. The largest absolute Gasteiger partial charge is 0.435 e. The zero-order valence-electron chi connectivity index (χ0n) is 16.9. The first-order valence-electron chi connectivity index (χ1n) is 10.5. The Morgan fingerprint density at radius 2 is 1.69 bits per heavy atom. The van der Waals surface area contributed by atoms with Gasteiger partial charge in [0, 0.05) is 5.56 Å². The molecule has 1 nitrogen and oxygen atoms in total. The quantitative estimate of drug-likeness (QED) is 0.474. The molecule has 2 aromatic rings. The van der Waals surface area contributed by atoms with Gasteiger partial charge in [-0.25, -0.2) is 0 Å². The van der Waals surface area contributed by atoms with Gasteiger partial charge in [0.15, 0.2) is 0 Å². The van der Waals surface area contributed by atoms with Gasteiger partial charge in [-0.05, 0) is 85.4 Å². The monoisotopic (exact) mass is 394 g/mol. The van der Waals surface area contributed by atoms with E-state index < -0.39 is 6.61 Å². The number of halogens is 2. The number of benzene rings is 2. The summed E-state index contributed by atoms with van der Waals surface area (Å²) in [6, 6.07) is 15.6. The molecule has 29 heavy (non-hydrogen) atoms. The molecule has 0 heterocycles. The average molecular weight is 395 g/mol. The minimum atomic E-state index is -2.80. The van der Waals surface area contributed by atoms with Crippen LogP contribution >= 0.6 is 0 Å². The number of alkyl halides is 2. The van der Waals surface area contributed by atoms with Gasteiger partial charge in [0.1, 0.15) is 5.75 Å². The molecule has 1 fully saturated rings. The molecular weight excluding hydrogens is 366 g/mol. The SMILES string of the molecule is CCCc1ccc(C2CCC(/C=C/C#Cc3ccc(OC(F)F)cc3)CC2)cc1. The van der Waals surface area contributed by atoms with E-state index >= 15 is 0 Å². The smallest absolute Gasteiger partial charge is 0.387 e. The minimum Gasteiger partial charge on any atom is -0.435 e. The molecule has 3 rings (SSSR count). The molecule has 0 amide bonds. The summed E-state index contributed by atoms with van der Waals surface area (Å²) >= 11 is 0. The molecule has 0 aromatic heterocycles. The lowest BCUT2D eigenvalue weighted by atomic mass is 9.78. The van der Waals surface area contributed by atoms with Crippen molar-refractivity contribution in [2.24, 2.45) is 5.92 Å². The van der Waals surface area contributed by atoms with Crippen molar-refractivity contribution in [2.45, 2.75) is 58.0 Å². The lowest BCUT2D eigenvalue weighted by molar-refractivity contribution is -0.0498. The van der Waals surface area contributed by atoms with Crippen molar-refractivity contribution >= 4 is 0 Å². The number of hydrogen-bond acceptors (Lipinski definition) is 1. The van der Waals surface area contributed by atoms with Gasteiger partial charge in [-0.15, -0.1) is 0 Å². The Morgan fingerprint density at radius 1 is 1.00 bits per heavy atom. The van der Waals surface area contributed by atoms with Gasteiger partial charge < -0.3 is 4.74 Å². The van der Waals surface area contributed by atoms with Crippen LogP contribution in [0.5, 0.6) is 5.75 Å². The summed E-state index contributed by atoms with van der Waals surface area (Å²) in [4.78, 5) is 0. The van der Waals surface area contributed by atoms with E-state index in [1.54, 1.807) is 12.1 Å².